The third-order valence-electron chi connectivity index (χ3n) is 4.34. The van der Waals surface area contributed by atoms with Gasteiger partial charge in [-0.3, -0.25) is 14.7 Å². The fraction of sp³-hybridized carbons (Fsp3) is 0.300. The van der Waals surface area contributed by atoms with Gasteiger partial charge in [-0.15, -0.1) is 10.2 Å². The fourth-order valence-electron chi connectivity index (χ4n) is 2.90. The van der Waals surface area contributed by atoms with Crippen LogP contribution in [0.4, 0.5) is 4.79 Å². The molecule has 2 heterocycles. The highest BCUT2D eigenvalue weighted by Crippen LogP contribution is 2.32. The first-order chi connectivity index (χ1) is 13.9. The van der Waals surface area contributed by atoms with Crippen LogP contribution in [0.25, 0.3) is 11.4 Å². The number of nitrogens with zero attached hydrogens (tertiary/aromatic N) is 3. The standard InChI is InChI=1S/C20H23N5O3S/c1-12(2)16(18(26)22-19(21)27)29-20-24-23-17(15-9-10-28-13(15)3)25(20)11-14-7-5-4-6-8-14/h4-10,12,16H,11H2,1-3H3,(H3,21,22,26,27). The van der Waals surface area contributed by atoms with Crippen molar-refractivity contribution in [2.75, 3.05) is 0 Å². The number of nitrogens with two attached hydrogens (primary N) is 1. The number of amides is 3. The van der Waals surface area contributed by atoms with E-state index >= 15 is 0 Å². The molecule has 29 heavy (non-hydrogen) atoms. The molecule has 0 aliphatic carbocycles. The van der Waals surface area contributed by atoms with E-state index in [1.54, 1.807) is 6.26 Å². The molecule has 0 fully saturated rings. The SMILES string of the molecule is Cc1occc1-c1nnc(SC(C(=O)NC(N)=O)C(C)C)n1Cc1ccccc1. The maximum Gasteiger partial charge on any atom is 0.318 e. The molecule has 0 aliphatic rings. The zero-order valence-corrected chi connectivity index (χ0v) is 17.3. The Hall–Kier alpha value is -3.07. The molecule has 9 heteroatoms. The predicted octanol–water partition coefficient (Wildman–Crippen LogP) is 3.21. The number of furan rings is 1. The Bertz CT molecular complexity index is 997. The van der Waals surface area contributed by atoms with Gasteiger partial charge in [0.15, 0.2) is 11.0 Å². The summed E-state index contributed by atoms with van der Waals surface area (Å²) < 4.78 is 7.38. The molecular weight excluding hydrogens is 390 g/mol. The van der Waals surface area contributed by atoms with Crippen LogP contribution >= 0.6 is 11.8 Å². The van der Waals surface area contributed by atoms with Crippen LogP contribution in [0.5, 0.6) is 0 Å². The Morgan fingerprint density at radius 1 is 1.21 bits per heavy atom. The number of hydrogen-bond acceptors (Lipinski definition) is 6. The van der Waals surface area contributed by atoms with Crippen LogP contribution in [-0.4, -0.2) is 32.0 Å². The van der Waals surface area contributed by atoms with E-state index in [4.69, 9.17) is 10.2 Å². The minimum atomic E-state index is -0.873. The lowest BCUT2D eigenvalue weighted by molar-refractivity contribution is -0.120. The van der Waals surface area contributed by atoms with E-state index in [-0.39, 0.29) is 5.92 Å². The van der Waals surface area contributed by atoms with Crippen LogP contribution < -0.4 is 11.1 Å². The number of benzene rings is 1. The van der Waals surface area contributed by atoms with E-state index in [2.05, 4.69) is 15.5 Å². The van der Waals surface area contributed by atoms with Crippen molar-refractivity contribution in [1.82, 2.24) is 20.1 Å². The molecule has 3 N–H and O–H groups in total. The number of imide groups is 1. The molecule has 152 valence electrons. The average Bonchev–Trinajstić information content (AvgIpc) is 3.25. The quantitative estimate of drug-likeness (QED) is 0.575. The predicted molar refractivity (Wildman–Crippen MR) is 110 cm³/mol. The van der Waals surface area contributed by atoms with Crippen molar-refractivity contribution in [2.45, 2.75) is 37.7 Å². The summed E-state index contributed by atoms with van der Waals surface area (Å²) in [5, 5.41) is 10.9. The largest absolute Gasteiger partial charge is 0.469 e. The first kappa shape index (κ1) is 20.7. The number of carbonyl (C=O) groups is 2. The highest BCUT2D eigenvalue weighted by atomic mass is 32.2. The second-order valence-electron chi connectivity index (χ2n) is 6.90. The Balaban J connectivity index is 1.99. The van der Waals surface area contributed by atoms with Gasteiger partial charge in [0.05, 0.1) is 23.6 Å². The third kappa shape index (κ3) is 4.86. The van der Waals surface area contributed by atoms with Crippen LogP contribution in [0.15, 0.2) is 52.2 Å². The fourth-order valence-corrected chi connectivity index (χ4v) is 3.93. The van der Waals surface area contributed by atoms with Crippen molar-refractivity contribution in [2.24, 2.45) is 11.7 Å². The third-order valence-corrected chi connectivity index (χ3v) is 5.87. The summed E-state index contributed by atoms with van der Waals surface area (Å²) in [7, 11) is 0. The Labute approximate surface area is 172 Å². The number of thioether (sulfide) groups is 1. The minimum absolute atomic E-state index is 0.0552. The molecule has 0 bridgehead atoms. The molecular formula is C20H23N5O3S. The number of urea groups is 1. The zero-order valence-electron chi connectivity index (χ0n) is 16.5. The van der Waals surface area contributed by atoms with Crippen molar-refractivity contribution in [3.8, 4) is 11.4 Å². The Morgan fingerprint density at radius 2 is 1.93 bits per heavy atom. The number of hydrogen-bond donors (Lipinski definition) is 2. The Kier molecular flexibility index (Phi) is 6.38. The van der Waals surface area contributed by atoms with Gasteiger partial charge in [0, 0.05) is 0 Å². The van der Waals surface area contributed by atoms with Gasteiger partial charge in [0.2, 0.25) is 5.91 Å². The highest BCUT2D eigenvalue weighted by molar-refractivity contribution is 8.00. The van der Waals surface area contributed by atoms with Gasteiger partial charge in [-0.05, 0) is 24.5 Å². The molecule has 0 saturated heterocycles. The molecule has 3 amide bonds. The molecule has 3 rings (SSSR count). The van der Waals surface area contributed by atoms with Gasteiger partial charge >= 0.3 is 6.03 Å². The number of nitrogens with one attached hydrogen (secondary N) is 1. The molecule has 0 saturated carbocycles. The first-order valence-electron chi connectivity index (χ1n) is 9.15. The first-order valence-corrected chi connectivity index (χ1v) is 10.0. The molecule has 0 radical (unpaired) electrons. The molecule has 1 atom stereocenters. The van der Waals surface area contributed by atoms with Crippen molar-refractivity contribution in [3.63, 3.8) is 0 Å². The summed E-state index contributed by atoms with van der Waals surface area (Å²) in [6.07, 6.45) is 1.61. The summed E-state index contributed by atoms with van der Waals surface area (Å²) in [4.78, 5) is 23.6. The summed E-state index contributed by atoms with van der Waals surface area (Å²) >= 11 is 1.26. The molecule has 3 aromatic rings. The molecule has 2 aromatic heterocycles. The number of aromatic nitrogens is 3. The van der Waals surface area contributed by atoms with Gasteiger partial charge < -0.3 is 10.2 Å². The zero-order chi connectivity index (χ0) is 21.0. The van der Waals surface area contributed by atoms with E-state index in [1.165, 1.54) is 11.8 Å². The van der Waals surface area contributed by atoms with Gasteiger partial charge in [-0.1, -0.05) is 55.9 Å². The molecule has 1 unspecified atom stereocenters. The van der Waals surface area contributed by atoms with Crippen molar-refractivity contribution in [3.05, 3.63) is 54.0 Å². The smallest absolute Gasteiger partial charge is 0.318 e. The minimum Gasteiger partial charge on any atom is -0.469 e. The summed E-state index contributed by atoms with van der Waals surface area (Å²) in [6.45, 7) is 6.19. The maximum absolute atomic E-state index is 12.5. The molecule has 0 spiro atoms. The van der Waals surface area contributed by atoms with Crippen molar-refractivity contribution < 1.29 is 14.0 Å². The maximum atomic E-state index is 12.5. The highest BCUT2D eigenvalue weighted by Gasteiger charge is 2.28. The summed E-state index contributed by atoms with van der Waals surface area (Å²) in [6, 6.07) is 10.9. The lowest BCUT2D eigenvalue weighted by atomic mass is 10.1. The summed E-state index contributed by atoms with van der Waals surface area (Å²) in [5.74, 6) is 0.878. The van der Waals surface area contributed by atoms with Crippen LogP contribution in [0, 0.1) is 12.8 Å². The second kappa shape index (κ2) is 8.95. The number of aryl methyl sites for hydroxylation is 1. The van der Waals surface area contributed by atoms with Crippen LogP contribution in [0.2, 0.25) is 0 Å². The van der Waals surface area contributed by atoms with Crippen molar-refractivity contribution in [1.29, 1.82) is 0 Å². The van der Waals surface area contributed by atoms with E-state index < -0.39 is 17.2 Å². The van der Waals surface area contributed by atoms with Gasteiger partial charge in [-0.2, -0.15) is 0 Å². The average molecular weight is 414 g/mol. The van der Waals surface area contributed by atoms with Crippen molar-refractivity contribution >= 4 is 23.7 Å². The topological polar surface area (TPSA) is 116 Å². The number of rotatable bonds is 7. The molecule has 8 nitrogen and oxygen atoms in total. The molecule has 0 aliphatic heterocycles. The summed E-state index contributed by atoms with van der Waals surface area (Å²) in [5.41, 5.74) is 7.02. The number of carbonyl (C=O) groups excluding carboxylic acids is 2. The van der Waals surface area contributed by atoms with Crippen LogP contribution in [0.1, 0.15) is 25.2 Å². The molecule has 1 aromatic carbocycles. The number of primary amides is 1. The monoisotopic (exact) mass is 413 g/mol. The normalized spacial score (nSPS) is 12.1. The van der Waals surface area contributed by atoms with E-state index in [1.807, 2.05) is 61.7 Å². The Morgan fingerprint density at radius 3 is 2.52 bits per heavy atom. The van der Waals surface area contributed by atoms with E-state index in [0.717, 1.165) is 16.9 Å². The lowest BCUT2D eigenvalue weighted by Crippen LogP contribution is -2.42. The lowest BCUT2D eigenvalue weighted by Gasteiger charge is -2.19. The van der Waals surface area contributed by atoms with Crippen LogP contribution in [-0.2, 0) is 11.3 Å². The van der Waals surface area contributed by atoms with Crippen LogP contribution in [0.3, 0.4) is 0 Å². The van der Waals surface area contributed by atoms with E-state index in [0.29, 0.717) is 17.5 Å². The van der Waals surface area contributed by atoms with Gasteiger partial charge in [0.1, 0.15) is 5.76 Å². The second-order valence-corrected chi connectivity index (χ2v) is 8.01. The van der Waals surface area contributed by atoms with Gasteiger partial charge in [0.25, 0.3) is 0 Å². The van der Waals surface area contributed by atoms with E-state index in [9.17, 15) is 9.59 Å². The van der Waals surface area contributed by atoms with Gasteiger partial charge in [-0.25, -0.2) is 4.79 Å².